The number of aryl methyl sites for hydroxylation is 3. The smallest absolute Gasteiger partial charge is 0.336 e. The van der Waals surface area contributed by atoms with Crippen molar-refractivity contribution in [2.45, 2.75) is 33.7 Å². The monoisotopic (exact) mass is 307 g/mol. The summed E-state index contributed by atoms with van der Waals surface area (Å²) in [7, 11) is 0. The third-order valence-electron chi connectivity index (χ3n) is 4.34. The van der Waals surface area contributed by atoms with Crippen molar-refractivity contribution in [1.82, 2.24) is 0 Å². The Balaban J connectivity index is 1.96. The first-order chi connectivity index (χ1) is 11.1. The molecule has 0 radical (unpaired) electrons. The topological polar surface area (TPSA) is 42.2 Å². The average Bonchev–Trinajstić information content (AvgIpc) is 2.56. The average molecular weight is 307 g/mol. The Morgan fingerprint density at radius 1 is 1.09 bits per heavy atom. The molecule has 0 atom stereocenters. The predicted octanol–water partition coefficient (Wildman–Crippen LogP) is 4.58. The summed E-state index contributed by atoms with van der Waals surface area (Å²) in [5.74, 6) is 0. The van der Waals surface area contributed by atoms with Crippen LogP contribution in [0.1, 0.15) is 29.2 Å². The molecule has 3 heteroatoms. The fourth-order valence-corrected chi connectivity index (χ4v) is 2.77. The molecule has 0 amide bonds. The Kier molecular flexibility index (Phi) is 4.20. The Bertz CT molecular complexity index is 909. The number of anilines is 1. The highest BCUT2D eigenvalue weighted by molar-refractivity contribution is 5.84. The zero-order valence-corrected chi connectivity index (χ0v) is 13.8. The van der Waals surface area contributed by atoms with Crippen molar-refractivity contribution in [2.24, 2.45) is 0 Å². The minimum Gasteiger partial charge on any atom is -0.422 e. The highest BCUT2D eigenvalue weighted by Crippen LogP contribution is 2.24. The first-order valence-corrected chi connectivity index (χ1v) is 7.94. The Morgan fingerprint density at radius 2 is 1.91 bits per heavy atom. The molecular weight excluding hydrogens is 286 g/mol. The lowest BCUT2D eigenvalue weighted by molar-refractivity contribution is 0.556. The van der Waals surface area contributed by atoms with Gasteiger partial charge in [0.05, 0.1) is 0 Å². The van der Waals surface area contributed by atoms with Crippen LogP contribution in [-0.2, 0) is 13.0 Å². The lowest BCUT2D eigenvalue weighted by atomic mass is 10.0. The van der Waals surface area contributed by atoms with E-state index in [1.807, 2.05) is 32.0 Å². The van der Waals surface area contributed by atoms with E-state index in [0.29, 0.717) is 12.1 Å². The lowest BCUT2D eigenvalue weighted by Crippen LogP contribution is -2.06. The van der Waals surface area contributed by atoms with Crippen LogP contribution in [0, 0.1) is 13.8 Å². The van der Waals surface area contributed by atoms with E-state index in [4.69, 9.17) is 4.42 Å². The Hall–Kier alpha value is -2.55. The number of fused-ring (bicyclic) bond motifs is 1. The molecule has 2 aromatic carbocycles. The highest BCUT2D eigenvalue weighted by Gasteiger charge is 2.09. The van der Waals surface area contributed by atoms with Crippen molar-refractivity contribution in [3.05, 3.63) is 75.1 Å². The molecule has 0 unspecified atom stereocenters. The van der Waals surface area contributed by atoms with Gasteiger partial charge in [-0.1, -0.05) is 31.2 Å². The molecule has 0 saturated carbocycles. The SMILES string of the molecule is CCc1cccc(NCc2cc(=O)oc3c(C)c(C)ccc23)c1. The minimum absolute atomic E-state index is 0.301. The molecule has 0 aliphatic carbocycles. The fraction of sp³-hybridized carbons (Fsp3) is 0.250. The van der Waals surface area contributed by atoms with Crippen molar-refractivity contribution < 1.29 is 4.42 Å². The number of nitrogens with one attached hydrogen (secondary N) is 1. The van der Waals surface area contributed by atoms with Crippen molar-refractivity contribution in [3.8, 4) is 0 Å². The van der Waals surface area contributed by atoms with Gasteiger partial charge in [-0.2, -0.15) is 0 Å². The van der Waals surface area contributed by atoms with Crippen molar-refractivity contribution in [3.63, 3.8) is 0 Å². The van der Waals surface area contributed by atoms with Gasteiger partial charge in [0, 0.05) is 23.7 Å². The largest absolute Gasteiger partial charge is 0.422 e. The summed E-state index contributed by atoms with van der Waals surface area (Å²) in [6, 6.07) is 14.0. The molecule has 0 aliphatic heterocycles. The second-order valence-corrected chi connectivity index (χ2v) is 5.88. The van der Waals surface area contributed by atoms with Gasteiger partial charge >= 0.3 is 5.63 Å². The van der Waals surface area contributed by atoms with E-state index >= 15 is 0 Å². The third-order valence-corrected chi connectivity index (χ3v) is 4.34. The second kappa shape index (κ2) is 6.29. The second-order valence-electron chi connectivity index (χ2n) is 5.88. The van der Waals surface area contributed by atoms with Crippen LogP contribution < -0.4 is 10.9 Å². The van der Waals surface area contributed by atoms with E-state index in [1.165, 1.54) is 5.56 Å². The summed E-state index contributed by atoms with van der Waals surface area (Å²) in [4.78, 5) is 11.9. The molecule has 0 aliphatic rings. The molecule has 0 bridgehead atoms. The summed E-state index contributed by atoms with van der Waals surface area (Å²) < 4.78 is 5.42. The molecule has 0 fully saturated rings. The third kappa shape index (κ3) is 3.14. The summed E-state index contributed by atoms with van der Waals surface area (Å²) >= 11 is 0. The summed E-state index contributed by atoms with van der Waals surface area (Å²) in [6.07, 6.45) is 1.01. The van der Waals surface area contributed by atoms with E-state index in [9.17, 15) is 4.79 Å². The standard InChI is InChI=1S/C20H21NO2/c1-4-15-6-5-7-17(10-15)21-12-16-11-19(22)23-20-14(3)13(2)8-9-18(16)20/h5-11,21H,4,12H2,1-3H3. The van der Waals surface area contributed by atoms with Gasteiger partial charge in [0.25, 0.3) is 0 Å². The van der Waals surface area contributed by atoms with Crippen LogP contribution in [0.2, 0.25) is 0 Å². The van der Waals surface area contributed by atoms with Crippen LogP contribution >= 0.6 is 0 Å². The van der Waals surface area contributed by atoms with Gasteiger partial charge < -0.3 is 9.73 Å². The summed E-state index contributed by atoms with van der Waals surface area (Å²) in [6.45, 7) is 6.75. The number of hydrogen-bond acceptors (Lipinski definition) is 3. The van der Waals surface area contributed by atoms with Gasteiger partial charge in [-0.05, 0) is 54.7 Å². The van der Waals surface area contributed by atoms with Crippen LogP contribution in [-0.4, -0.2) is 0 Å². The predicted molar refractivity (Wildman–Crippen MR) is 95.1 cm³/mol. The first-order valence-electron chi connectivity index (χ1n) is 7.94. The van der Waals surface area contributed by atoms with Crippen LogP contribution in [0.3, 0.4) is 0 Å². The molecule has 1 aromatic heterocycles. The van der Waals surface area contributed by atoms with Crippen LogP contribution in [0.4, 0.5) is 5.69 Å². The van der Waals surface area contributed by atoms with Crippen molar-refractivity contribution >= 4 is 16.7 Å². The molecule has 0 spiro atoms. The maximum absolute atomic E-state index is 11.9. The van der Waals surface area contributed by atoms with Gasteiger partial charge in [0.15, 0.2) is 0 Å². The Morgan fingerprint density at radius 3 is 2.70 bits per heavy atom. The normalized spacial score (nSPS) is 10.9. The fourth-order valence-electron chi connectivity index (χ4n) is 2.77. The molecule has 3 nitrogen and oxygen atoms in total. The number of hydrogen-bond donors (Lipinski definition) is 1. The van der Waals surface area contributed by atoms with Gasteiger partial charge in [0.2, 0.25) is 0 Å². The van der Waals surface area contributed by atoms with E-state index in [0.717, 1.165) is 34.2 Å². The number of rotatable bonds is 4. The quantitative estimate of drug-likeness (QED) is 0.717. The molecule has 1 heterocycles. The molecular formula is C20H21NO2. The van der Waals surface area contributed by atoms with Crippen LogP contribution in [0.15, 0.2) is 51.7 Å². The van der Waals surface area contributed by atoms with Gasteiger partial charge in [-0.25, -0.2) is 4.79 Å². The maximum atomic E-state index is 11.9. The van der Waals surface area contributed by atoms with E-state index < -0.39 is 0 Å². The molecule has 23 heavy (non-hydrogen) atoms. The number of benzene rings is 2. The van der Waals surface area contributed by atoms with Gasteiger partial charge in [0.1, 0.15) is 5.58 Å². The Labute approximate surface area is 136 Å². The summed E-state index contributed by atoms with van der Waals surface area (Å²) in [5.41, 5.74) is 5.85. The molecule has 1 N–H and O–H groups in total. The van der Waals surface area contributed by atoms with Gasteiger partial charge in [-0.3, -0.25) is 0 Å². The zero-order chi connectivity index (χ0) is 16.4. The van der Waals surface area contributed by atoms with E-state index in [1.54, 1.807) is 6.07 Å². The minimum atomic E-state index is -0.301. The van der Waals surface area contributed by atoms with E-state index in [-0.39, 0.29) is 5.63 Å². The maximum Gasteiger partial charge on any atom is 0.336 e. The van der Waals surface area contributed by atoms with Crippen molar-refractivity contribution in [2.75, 3.05) is 5.32 Å². The molecule has 3 aromatic rings. The van der Waals surface area contributed by atoms with E-state index in [2.05, 4.69) is 30.4 Å². The van der Waals surface area contributed by atoms with Crippen LogP contribution in [0.5, 0.6) is 0 Å². The zero-order valence-electron chi connectivity index (χ0n) is 13.8. The highest BCUT2D eigenvalue weighted by atomic mass is 16.4. The lowest BCUT2D eigenvalue weighted by Gasteiger charge is -2.11. The first kappa shape index (κ1) is 15.3. The van der Waals surface area contributed by atoms with Crippen molar-refractivity contribution in [1.29, 1.82) is 0 Å². The molecule has 118 valence electrons. The summed E-state index contributed by atoms with van der Waals surface area (Å²) in [5, 5.41) is 4.40. The van der Waals surface area contributed by atoms with Crippen LogP contribution in [0.25, 0.3) is 11.0 Å². The molecule has 3 rings (SSSR count). The molecule has 0 saturated heterocycles. The van der Waals surface area contributed by atoms with Gasteiger partial charge in [-0.15, -0.1) is 0 Å².